The molecule has 1 aromatic heterocycles. The zero-order chi connectivity index (χ0) is 11.7. The van der Waals surface area contributed by atoms with Crippen LogP contribution in [0.3, 0.4) is 0 Å². The Morgan fingerprint density at radius 2 is 1.94 bits per heavy atom. The van der Waals surface area contributed by atoms with E-state index in [-0.39, 0.29) is 6.04 Å². The molecule has 1 saturated carbocycles. The molecule has 0 amide bonds. The lowest BCUT2D eigenvalue weighted by atomic mass is 9.80. The molecule has 1 fully saturated rings. The minimum Gasteiger partial charge on any atom is -0.323 e. The van der Waals surface area contributed by atoms with Crippen molar-refractivity contribution in [1.82, 2.24) is 15.0 Å². The van der Waals surface area contributed by atoms with Gasteiger partial charge in [0.05, 0.1) is 17.9 Å². The lowest BCUT2D eigenvalue weighted by Crippen LogP contribution is -2.23. The molecule has 90 valence electrons. The molecule has 0 aromatic carbocycles. The van der Waals surface area contributed by atoms with Crippen LogP contribution in [0, 0.1) is 11.8 Å². The molecule has 4 nitrogen and oxygen atoms in total. The zero-order valence-corrected chi connectivity index (χ0v) is 10.4. The first kappa shape index (κ1) is 11.6. The Labute approximate surface area is 97.2 Å². The first-order chi connectivity index (χ1) is 7.56. The Kier molecular flexibility index (Phi) is 3.28. The summed E-state index contributed by atoms with van der Waals surface area (Å²) < 4.78 is 2.02. The third-order valence-corrected chi connectivity index (χ3v) is 3.52. The summed E-state index contributed by atoms with van der Waals surface area (Å²) in [5.74, 6) is 1.58. The van der Waals surface area contributed by atoms with Gasteiger partial charge in [-0.05, 0) is 38.0 Å². The zero-order valence-electron chi connectivity index (χ0n) is 10.4. The topological polar surface area (TPSA) is 56.7 Å². The Hall–Kier alpha value is -0.900. The van der Waals surface area contributed by atoms with Crippen LogP contribution in [0.2, 0.25) is 0 Å². The van der Waals surface area contributed by atoms with E-state index in [1.54, 1.807) is 0 Å². The highest BCUT2D eigenvalue weighted by Gasteiger charge is 2.26. The van der Waals surface area contributed by atoms with Crippen LogP contribution in [0.5, 0.6) is 0 Å². The Balaban J connectivity index is 2.10. The number of nitrogens with zero attached hydrogens (tertiary/aromatic N) is 3. The molecular weight excluding hydrogens is 200 g/mol. The van der Waals surface area contributed by atoms with E-state index >= 15 is 0 Å². The van der Waals surface area contributed by atoms with E-state index in [1.165, 1.54) is 19.3 Å². The molecule has 0 bridgehead atoms. The monoisotopic (exact) mass is 222 g/mol. The summed E-state index contributed by atoms with van der Waals surface area (Å²) in [6, 6.07) is 0.492. The number of hydrogen-bond donors (Lipinski definition) is 1. The maximum atomic E-state index is 5.80. The average Bonchev–Trinajstić information content (AvgIpc) is 2.64. The molecule has 4 heteroatoms. The average molecular weight is 222 g/mol. The molecule has 1 aliphatic rings. The van der Waals surface area contributed by atoms with Crippen LogP contribution in [0.15, 0.2) is 6.20 Å². The molecule has 1 heterocycles. The van der Waals surface area contributed by atoms with E-state index in [9.17, 15) is 0 Å². The van der Waals surface area contributed by atoms with Gasteiger partial charge in [0, 0.05) is 6.04 Å². The van der Waals surface area contributed by atoms with Crippen LogP contribution < -0.4 is 5.73 Å². The second kappa shape index (κ2) is 4.53. The van der Waals surface area contributed by atoms with E-state index in [0.29, 0.717) is 6.04 Å². The van der Waals surface area contributed by atoms with Gasteiger partial charge in [-0.2, -0.15) is 0 Å². The van der Waals surface area contributed by atoms with Gasteiger partial charge in [-0.1, -0.05) is 19.1 Å². The van der Waals surface area contributed by atoms with Crippen molar-refractivity contribution in [3.8, 4) is 0 Å². The molecule has 3 atom stereocenters. The highest BCUT2D eigenvalue weighted by Crippen LogP contribution is 2.35. The Morgan fingerprint density at radius 1 is 1.31 bits per heavy atom. The van der Waals surface area contributed by atoms with Crippen LogP contribution in [0.4, 0.5) is 0 Å². The van der Waals surface area contributed by atoms with Crippen molar-refractivity contribution in [1.29, 1.82) is 0 Å². The number of rotatable bonds is 2. The normalized spacial score (nSPS) is 32.6. The summed E-state index contributed by atoms with van der Waals surface area (Å²) in [4.78, 5) is 0. The third-order valence-electron chi connectivity index (χ3n) is 3.52. The summed E-state index contributed by atoms with van der Waals surface area (Å²) in [5, 5.41) is 8.35. The van der Waals surface area contributed by atoms with E-state index in [0.717, 1.165) is 17.5 Å². The highest BCUT2D eigenvalue weighted by atomic mass is 15.4. The molecule has 1 aliphatic carbocycles. The molecule has 0 saturated heterocycles. The van der Waals surface area contributed by atoms with Gasteiger partial charge in [0.15, 0.2) is 0 Å². The Bertz CT molecular complexity index is 335. The molecule has 2 rings (SSSR count). The largest absolute Gasteiger partial charge is 0.323 e. The summed E-state index contributed by atoms with van der Waals surface area (Å²) >= 11 is 0. The predicted octanol–water partition coefficient (Wildman–Crippen LogP) is 2.29. The minimum absolute atomic E-state index is 0.0211. The van der Waals surface area contributed by atoms with Crippen LogP contribution in [0.25, 0.3) is 0 Å². The van der Waals surface area contributed by atoms with Gasteiger partial charge in [0.25, 0.3) is 0 Å². The second-order valence-electron chi connectivity index (χ2n) is 5.48. The van der Waals surface area contributed by atoms with Gasteiger partial charge >= 0.3 is 0 Å². The fourth-order valence-corrected chi connectivity index (χ4v) is 2.80. The standard InChI is InChI=1S/C12H22N4/c1-8-4-9(2)6-11(5-8)16-7-12(10(3)13)14-15-16/h7-11H,4-6,13H2,1-3H3. The van der Waals surface area contributed by atoms with Crippen molar-refractivity contribution in [2.24, 2.45) is 17.6 Å². The quantitative estimate of drug-likeness (QED) is 0.835. The molecular formula is C12H22N4. The fraction of sp³-hybridized carbons (Fsp3) is 0.833. The van der Waals surface area contributed by atoms with Gasteiger partial charge in [-0.25, -0.2) is 4.68 Å². The van der Waals surface area contributed by atoms with Crippen molar-refractivity contribution >= 4 is 0 Å². The minimum atomic E-state index is -0.0211. The van der Waals surface area contributed by atoms with Gasteiger partial charge in [-0.3, -0.25) is 0 Å². The SMILES string of the molecule is CC1CC(C)CC(n2cc(C(C)N)nn2)C1. The first-order valence-corrected chi connectivity index (χ1v) is 6.23. The van der Waals surface area contributed by atoms with Gasteiger partial charge in [-0.15, -0.1) is 5.10 Å². The molecule has 0 aliphatic heterocycles. The van der Waals surface area contributed by atoms with E-state index in [2.05, 4.69) is 24.2 Å². The summed E-state index contributed by atoms with van der Waals surface area (Å²) in [6.45, 7) is 6.60. The number of nitrogens with two attached hydrogens (primary N) is 1. The fourth-order valence-electron chi connectivity index (χ4n) is 2.80. The molecule has 3 unspecified atom stereocenters. The van der Waals surface area contributed by atoms with Crippen molar-refractivity contribution in [2.75, 3.05) is 0 Å². The van der Waals surface area contributed by atoms with Gasteiger partial charge < -0.3 is 5.73 Å². The number of aromatic nitrogens is 3. The number of hydrogen-bond acceptors (Lipinski definition) is 3. The van der Waals surface area contributed by atoms with Crippen LogP contribution in [-0.2, 0) is 0 Å². The van der Waals surface area contributed by atoms with Crippen molar-refractivity contribution in [3.05, 3.63) is 11.9 Å². The molecule has 0 spiro atoms. The highest BCUT2D eigenvalue weighted by molar-refractivity contribution is 4.99. The van der Waals surface area contributed by atoms with Crippen LogP contribution in [0.1, 0.15) is 57.8 Å². The molecule has 0 radical (unpaired) electrons. The lowest BCUT2D eigenvalue weighted by molar-refractivity contribution is 0.208. The smallest absolute Gasteiger partial charge is 0.0991 e. The molecule has 16 heavy (non-hydrogen) atoms. The summed E-state index contributed by atoms with van der Waals surface area (Å²) in [5.41, 5.74) is 6.69. The van der Waals surface area contributed by atoms with Crippen LogP contribution >= 0.6 is 0 Å². The first-order valence-electron chi connectivity index (χ1n) is 6.23. The second-order valence-corrected chi connectivity index (χ2v) is 5.48. The van der Waals surface area contributed by atoms with Gasteiger partial charge in [0.1, 0.15) is 0 Å². The van der Waals surface area contributed by atoms with Crippen molar-refractivity contribution in [3.63, 3.8) is 0 Å². The lowest BCUT2D eigenvalue weighted by Gasteiger charge is -2.31. The van der Waals surface area contributed by atoms with E-state index in [4.69, 9.17) is 5.73 Å². The predicted molar refractivity (Wildman–Crippen MR) is 63.8 cm³/mol. The van der Waals surface area contributed by atoms with Crippen molar-refractivity contribution < 1.29 is 0 Å². The van der Waals surface area contributed by atoms with Crippen molar-refractivity contribution in [2.45, 2.75) is 52.1 Å². The molecule has 2 N–H and O–H groups in total. The van der Waals surface area contributed by atoms with E-state index < -0.39 is 0 Å². The Morgan fingerprint density at radius 3 is 2.44 bits per heavy atom. The maximum Gasteiger partial charge on any atom is 0.0991 e. The third kappa shape index (κ3) is 2.43. The molecule has 1 aromatic rings. The summed E-state index contributed by atoms with van der Waals surface area (Å²) in [6.07, 6.45) is 5.78. The summed E-state index contributed by atoms with van der Waals surface area (Å²) in [7, 11) is 0. The maximum absolute atomic E-state index is 5.80. The van der Waals surface area contributed by atoms with Crippen LogP contribution in [-0.4, -0.2) is 15.0 Å². The van der Waals surface area contributed by atoms with Gasteiger partial charge in [0.2, 0.25) is 0 Å². The van der Waals surface area contributed by atoms with E-state index in [1.807, 2.05) is 17.8 Å².